The van der Waals surface area contributed by atoms with Gasteiger partial charge in [-0.05, 0) is 41.8 Å². The van der Waals surface area contributed by atoms with E-state index in [1.807, 2.05) is 18.2 Å². The minimum atomic E-state index is -3.60. The van der Waals surface area contributed by atoms with Crippen molar-refractivity contribution in [3.05, 3.63) is 52.9 Å². The van der Waals surface area contributed by atoms with E-state index in [1.165, 1.54) is 12.6 Å². The Morgan fingerprint density at radius 1 is 1.29 bits per heavy atom. The Kier molecular flexibility index (Phi) is 5.03. The zero-order chi connectivity index (χ0) is 17.2. The average molecular weight is 364 g/mol. The number of carbonyl (C=O) groups excluding carboxylic acids is 1. The number of nitrogens with one attached hydrogen (secondary N) is 1. The van der Waals surface area contributed by atoms with Crippen LogP contribution in [0, 0.1) is 0 Å². The first-order valence-electron chi connectivity index (χ1n) is 7.85. The molecule has 3 rings (SSSR count). The first kappa shape index (κ1) is 17.1. The molecule has 0 spiro atoms. The fraction of sp³-hybridized carbons (Fsp3) is 0.353. The predicted molar refractivity (Wildman–Crippen MR) is 94.4 cm³/mol. The van der Waals surface area contributed by atoms with Gasteiger partial charge in [-0.15, -0.1) is 11.3 Å². The van der Waals surface area contributed by atoms with E-state index >= 15 is 0 Å². The summed E-state index contributed by atoms with van der Waals surface area (Å²) in [5, 5.41) is 4.69. The van der Waals surface area contributed by atoms with Crippen LogP contribution in [-0.4, -0.2) is 32.2 Å². The summed E-state index contributed by atoms with van der Waals surface area (Å²) in [6.45, 7) is -0.182. The van der Waals surface area contributed by atoms with Crippen molar-refractivity contribution >= 4 is 27.3 Å². The molecule has 1 aliphatic carbocycles. The number of hydrogen-bond acceptors (Lipinski definition) is 4. The number of hydrogen-bond donors (Lipinski definition) is 1. The van der Waals surface area contributed by atoms with Gasteiger partial charge in [0.25, 0.3) is 10.0 Å². The van der Waals surface area contributed by atoms with Crippen LogP contribution in [0.2, 0.25) is 0 Å². The molecule has 1 aliphatic rings. The molecule has 0 radical (unpaired) electrons. The lowest BCUT2D eigenvalue weighted by Gasteiger charge is -2.27. The number of benzene rings is 1. The van der Waals surface area contributed by atoms with Gasteiger partial charge in [-0.1, -0.05) is 30.3 Å². The summed E-state index contributed by atoms with van der Waals surface area (Å²) in [5.74, 6) is -0.278. The van der Waals surface area contributed by atoms with Gasteiger partial charge in [0.1, 0.15) is 4.21 Å². The van der Waals surface area contributed by atoms with Gasteiger partial charge >= 0.3 is 0 Å². The van der Waals surface area contributed by atoms with Gasteiger partial charge in [0.15, 0.2) is 0 Å². The minimum absolute atomic E-state index is 0.0414. The number of fused-ring (bicyclic) bond motifs is 1. The Balaban J connectivity index is 1.67. The maximum atomic E-state index is 12.4. The van der Waals surface area contributed by atoms with Crippen molar-refractivity contribution in [2.75, 3.05) is 13.6 Å². The number of sulfonamides is 1. The molecule has 0 saturated carbocycles. The third-order valence-electron chi connectivity index (χ3n) is 4.23. The van der Waals surface area contributed by atoms with Crippen LogP contribution in [0.15, 0.2) is 46.0 Å². The lowest BCUT2D eigenvalue weighted by Crippen LogP contribution is -2.40. The third kappa shape index (κ3) is 3.53. The van der Waals surface area contributed by atoms with Gasteiger partial charge in [-0.25, -0.2) is 8.42 Å². The second kappa shape index (κ2) is 7.04. The smallest absolute Gasteiger partial charge is 0.252 e. The third-order valence-corrected chi connectivity index (χ3v) is 7.41. The highest BCUT2D eigenvalue weighted by Crippen LogP contribution is 2.29. The highest BCUT2D eigenvalue weighted by atomic mass is 32.2. The molecule has 0 aliphatic heterocycles. The van der Waals surface area contributed by atoms with E-state index in [4.69, 9.17) is 0 Å². The van der Waals surface area contributed by atoms with Gasteiger partial charge in [-0.2, -0.15) is 4.31 Å². The molecular weight excluding hydrogens is 344 g/mol. The summed E-state index contributed by atoms with van der Waals surface area (Å²) < 4.78 is 26.1. The topological polar surface area (TPSA) is 66.5 Å². The van der Waals surface area contributed by atoms with Gasteiger partial charge < -0.3 is 5.32 Å². The second-order valence-electron chi connectivity index (χ2n) is 5.90. The largest absolute Gasteiger partial charge is 0.348 e. The molecule has 0 bridgehead atoms. The molecule has 1 N–H and O–H groups in total. The van der Waals surface area contributed by atoms with E-state index in [1.54, 1.807) is 17.5 Å². The highest BCUT2D eigenvalue weighted by molar-refractivity contribution is 7.91. The van der Waals surface area contributed by atoms with E-state index in [2.05, 4.69) is 11.4 Å². The fourth-order valence-corrected chi connectivity index (χ4v) is 5.32. The van der Waals surface area contributed by atoms with E-state index in [0.29, 0.717) is 0 Å². The number of nitrogens with zero attached hydrogens (tertiary/aromatic N) is 1. The second-order valence-corrected chi connectivity index (χ2v) is 9.12. The van der Waals surface area contributed by atoms with Gasteiger partial charge in [0.2, 0.25) is 5.91 Å². The molecule has 1 heterocycles. The predicted octanol–water partition coefficient (Wildman–Crippen LogP) is 2.56. The molecule has 0 saturated heterocycles. The van der Waals surface area contributed by atoms with E-state index in [-0.39, 0.29) is 22.7 Å². The Hall–Kier alpha value is -1.70. The number of thiophene rings is 1. The molecule has 2 aromatic rings. The monoisotopic (exact) mass is 364 g/mol. The molecule has 0 fully saturated rings. The number of aryl methyl sites for hydroxylation is 1. The molecular formula is C17H20N2O3S2. The standard InChI is InChI=1S/C17H20N2O3S2/c1-19(24(21,22)17-10-5-11-23-17)12-16(20)18-15-9-4-7-13-6-2-3-8-14(13)15/h2-3,5-6,8,10-11,15H,4,7,9,12H2,1H3,(H,18,20). The van der Waals surface area contributed by atoms with Crippen LogP contribution in [0.3, 0.4) is 0 Å². The van der Waals surface area contributed by atoms with Crippen molar-refractivity contribution in [2.45, 2.75) is 29.5 Å². The maximum absolute atomic E-state index is 12.4. The fourth-order valence-electron chi connectivity index (χ4n) is 2.99. The number of carbonyl (C=O) groups is 1. The zero-order valence-electron chi connectivity index (χ0n) is 13.4. The first-order valence-corrected chi connectivity index (χ1v) is 10.2. The lowest BCUT2D eigenvalue weighted by atomic mass is 9.88. The summed E-state index contributed by atoms with van der Waals surface area (Å²) in [7, 11) is -2.17. The van der Waals surface area contributed by atoms with Crippen molar-refractivity contribution in [1.29, 1.82) is 0 Å². The molecule has 7 heteroatoms. The quantitative estimate of drug-likeness (QED) is 0.887. The van der Waals surface area contributed by atoms with Crippen molar-refractivity contribution in [2.24, 2.45) is 0 Å². The van der Waals surface area contributed by atoms with Gasteiger partial charge in [0.05, 0.1) is 12.6 Å². The van der Waals surface area contributed by atoms with Crippen molar-refractivity contribution in [1.82, 2.24) is 9.62 Å². The zero-order valence-corrected chi connectivity index (χ0v) is 15.1. The number of likely N-dealkylation sites (N-methyl/N-ethyl adjacent to an activating group) is 1. The Morgan fingerprint density at radius 3 is 2.83 bits per heavy atom. The SMILES string of the molecule is CN(CC(=O)NC1CCCc2ccccc21)S(=O)(=O)c1cccs1. The summed E-state index contributed by atoms with van der Waals surface area (Å²) in [5.41, 5.74) is 2.40. The minimum Gasteiger partial charge on any atom is -0.348 e. The first-order chi connectivity index (χ1) is 11.5. The van der Waals surface area contributed by atoms with Crippen LogP contribution < -0.4 is 5.32 Å². The molecule has 5 nitrogen and oxygen atoms in total. The van der Waals surface area contributed by atoms with Crippen LogP contribution in [0.4, 0.5) is 0 Å². The Bertz CT molecular complexity index is 816. The van der Waals surface area contributed by atoms with Crippen LogP contribution in [-0.2, 0) is 21.2 Å². The van der Waals surface area contributed by atoms with Crippen LogP contribution in [0.1, 0.15) is 30.0 Å². The van der Waals surface area contributed by atoms with Gasteiger partial charge in [0, 0.05) is 7.05 Å². The summed E-state index contributed by atoms with van der Waals surface area (Å²) in [6.07, 6.45) is 2.92. The number of rotatable bonds is 5. The normalized spacial score (nSPS) is 17.5. The van der Waals surface area contributed by atoms with Crippen LogP contribution in [0.5, 0.6) is 0 Å². The molecule has 1 aromatic carbocycles. The molecule has 1 aromatic heterocycles. The Labute approximate surface area is 146 Å². The highest BCUT2D eigenvalue weighted by Gasteiger charge is 2.26. The van der Waals surface area contributed by atoms with E-state index in [0.717, 1.165) is 40.5 Å². The summed E-state index contributed by atoms with van der Waals surface area (Å²) in [4.78, 5) is 12.3. The van der Waals surface area contributed by atoms with Gasteiger partial charge in [-0.3, -0.25) is 4.79 Å². The Morgan fingerprint density at radius 2 is 2.08 bits per heavy atom. The molecule has 1 amide bonds. The molecule has 24 heavy (non-hydrogen) atoms. The van der Waals surface area contributed by atoms with Crippen molar-refractivity contribution in [3.63, 3.8) is 0 Å². The van der Waals surface area contributed by atoms with E-state index < -0.39 is 10.0 Å². The molecule has 1 atom stereocenters. The van der Waals surface area contributed by atoms with Crippen LogP contribution in [0.25, 0.3) is 0 Å². The van der Waals surface area contributed by atoms with Crippen LogP contribution >= 0.6 is 11.3 Å². The molecule has 128 valence electrons. The number of amides is 1. The lowest BCUT2D eigenvalue weighted by molar-refractivity contribution is -0.122. The summed E-state index contributed by atoms with van der Waals surface area (Å²) >= 11 is 1.15. The average Bonchev–Trinajstić information content (AvgIpc) is 3.10. The van der Waals surface area contributed by atoms with Crippen molar-refractivity contribution < 1.29 is 13.2 Å². The molecule has 1 unspecified atom stereocenters. The maximum Gasteiger partial charge on any atom is 0.252 e. The summed E-state index contributed by atoms with van der Waals surface area (Å²) in [6, 6.07) is 11.3. The van der Waals surface area contributed by atoms with Crippen molar-refractivity contribution in [3.8, 4) is 0 Å². The van der Waals surface area contributed by atoms with E-state index in [9.17, 15) is 13.2 Å².